The molecular formula is C24H20N6OS. The van der Waals surface area contributed by atoms with Gasteiger partial charge in [-0.05, 0) is 80.1 Å². The van der Waals surface area contributed by atoms with Crippen molar-refractivity contribution in [1.29, 1.82) is 5.41 Å². The molecule has 5 rings (SSSR count). The molecule has 2 aromatic heterocycles. The van der Waals surface area contributed by atoms with E-state index in [1.54, 1.807) is 18.5 Å². The Labute approximate surface area is 189 Å². The lowest BCUT2D eigenvalue weighted by atomic mass is 10.1. The molecule has 0 bridgehead atoms. The van der Waals surface area contributed by atoms with Gasteiger partial charge in [-0.1, -0.05) is 12.1 Å². The summed E-state index contributed by atoms with van der Waals surface area (Å²) in [7, 11) is 0. The molecular weight excluding hydrogens is 420 g/mol. The monoisotopic (exact) mass is 440 g/mol. The third-order valence-corrected chi connectivity index (χ3v) is 6.35. The van der Waals surface area contributed by atoms with Gasteiger partial charge in [-0.3, -0.25) is 15.2 Å². The Morgan fingerprint density at radius 1 is 1.09 bits per heavy atom. The zero-order chi connectivity index (χ0) is 22.4. The van der Waals surface area contributed by atoms with Gasteiger partial charge in [-0.2, -0.15) is 15.1 Å². The number of rotatable bonds is 3. The molecule has 0 unspecified atom stereocenters. The second-order valence-electron chi connectivity index (χ2n) is 7.67. The Morgan fingerprint density at radius 2 is 1.94 bits per heavy atom. The van der Waals surface area contributed by atoms with Crippen LogP contribution in [0.5, 0.6) is 0 Å². The summed E-state index contributed by atoms with van der Waals surface area (Å²) < 4.78 is 2.15. The van der Waals surface area contributed by atoms with Gasteiger partial charge >= 0.3 is 0 Å². The number of fused-ring (bicyclic) bond motifs is 1. The number of amidine groups is 2. The highest BCUT2D eigenvalue weighted by molar-refractivity contribution is 8.27. The standard InChI is InChI=1S/C24H20N6OS/c1-14-6-4-8-19(10-14)29-15(2)11-18(16(29)3)12-20-21(25)30-24(27-22(20)31)32-23(28-30)17-7-5-9-26-13-17/h4-13,25H,1-3H3. The third kappa shape index (κ3) is 3.38. The number of hydrogen-bond donors (Lipinski definition) is 1. The van der Waals surface area contributed by atoms with E-state index in [9.17, 15) is 4.79 Å². The van der Waals surface area contributed by atoms with Crippen molar-refractivity contribution in [3.8, 4) is 5.69 Å². The molecule has 1 N–H and O–H groups in total. The lowest BCUT2D eigenvalue weighted by Gasteiger charge is -2.20. The summed E-state index contributed by atoms with van der Waals surface area (Å²) >= 11 is 1.26. The molecule has 32 heavy (non-hydrogen) atoms. The van der Waals surface area contributed by atoms with Gasteiger partial charge in [-0.15, -0.1) is 0 Å². The summed E-state index contributed by atoms with van der Waals surface area (Å²) in [5.74, 6) is -0.413. The van der Waals surface area contributed by atoms with E-state index in [1.165, 1.54) is 22.3 Å². The van der Waals surface area contributed by atoms with Crippen LogP contribution >= 0.6 is 11.8 Å². The topological polar surface area (TPSA) is 86.7 Å². The summed E-state index contributed by atoms with van der Waals surface area (Å²) in [5.41, 5.74) is 6.20. The average molecular weight is 441 g/mol. The Balaban J connectivity index is 1.52. The SMILES string of the molecule is Cc1cccc(-n2c(C)cc(C=C3C(=N)N4N=C(c5cccnc5)SC4=NC3=O)c2C)c1. The van der Waals surface area contributed by atoms with Gasteiger partial charge in [-0.25, -0.2) is 0 Å². The Bertz CT molecular complexity index is 1370. The Hall–Kier alpha value is -3.78. The molecule has 0 atom stereocenters. The van der Waals surface area contributed by atoms with Gasteiger partial charge < -0.3 is 4.57 Å². The van der Waals surface area contributed by atoms with E-state index in [-0.39, 0.29) is 11.4 Å². The minimum atomic E-state index is -0.434. The molecule has 0 fully saturated rings. The van der Waals surface area contributed by atoms with E-state index < -0.39 is 5.91 Å². The van der Waals surface area contributed by atoms with Gasteiger partial charge in [0.15, 0.2) is 5.84 Å². The van der Waals surface area contributed by atoms with Crippen LogP contribution in [0.25, 0.3) is 11.8 Å². The van der Waals surface area contributed by atoms with Gasteiger partial charge in [0.05, 0.1) is 5.57 Å². The molecule has 0 spiro atoms. The molecule has 7 nitrogen and oxygen atoms in total. The van der Waals surface area contributed by atoms with Crippen LogP contribution in [0, 0.1) is 26.2 Å². The molecule has 0 saturated heterocycles. The van der Waals surface area contributed by atoms with Crippen LogP contribution in [0.1, 0.15) is 28.1 Å². The number of pyridine rings is 1. The maximum absolute atomic E-state index is 12.8. The number of carbonyl (C=O) groups is 1. The van der Waals surface area contributed by atoms with Crippen LogP contribution in [0.4, 0.5) is 0 Å². The summed E-state index contributed by atoms with van der Waals surface area (Å²) in [6.45, 7) is 6.10. The van der Waals surface area contributed by atoms with Crippen LogP contribution < -0.4 is 0 Å². The van der Waals surface area contributed by atoms with Gasteiger partial charge in [0.25, 0.3) is 5.91 Å². The van der Waals surface area contributed by atoms with E-state index in [1.807, 2.05) is 38.1 Å². The van der Waals surface area contributed by atoms with Crippen molar-refractivity contribution in [2.75, 3.05) is 0 Å². The van der Waals surface area contributed by atoms with Crippen LogP contribution in [0.2, 0.25) is 0 Å². The number of benzene rings is 1. The van der Waals surface area contributed by atoms with E-state index in [0.717, 1.165) is 28.2 Å². The molecule has 4 heterocycles. The lowest BCUT2D eigenvalue weighted by Crippen LogP contribution is -2.35. The first kappa shape index (κ1) is 20.1. The lowest BCUT2D eigenvalue weighted by molar-refractivity contribution is -0.114. The second kappa shape index (κ2) is 7.72. The number of hydrogen-bond acceptors (Lipinski definition) is 5. The van der Waals surface area contributed by atoms with Crippen molar-refractivity contribution in [1.82, 2.24) is 14.6 Å². The van der Waals surface area contributed by atoms with Crippen molar-refractivity contribution in [3.63, 3.8) is 0 Å². The summed E-state index contributed by atoms with van der Waals surface area (Å²) in [6.07, 6.45) is 5.13. The highest BCUT2D eigenvalue weighted by Crippen LogP contribution is 2.31. The summed E-state index contributed by atoms with van der Waals surface area (Å²) in [6, 6.07) is 14.0. The van der Waals surface area contributed by atoms with Crippen LogP contribution in [-0.2, 0) is 4.79 Å². The maximum atomic E-state index is 12.8. The summed E-state index contributed by atoms with van der Waals surface area (Å²) in [4.78, 5) is 21.1. The van der Waals surface area contributed by atoms with Crippen molar-refractivity contribution in [3.05, 3.63) is 88.5 Å². The number of thioether (sulfide) groups is 1. The molecule has 3 aromatic rings. The number of nitrogens with zero attached hydrogens (tertiary/aromatic N) is 5. The largest absolute Gasteiger partial charge is 0.318 e. The number of aryl methyl sites for hydroxylation is 2. The van der Waals surface area contributed by atoms with Crippen molar-refractivity contribution in [2.45, 2.75) is 20.8 Å². The number of aliphatic imine (C=N–C) groups is 1. The van der Waals surface area contributed by atoms with Crippen LogP contribution in [0.3, 0.4) is 0 Å². The molecule has 158 valence electrons. The Morgan fingerprint density at radius 3 is 2.69 bits per heavy atom. The molecule has 8 heteroatoms. The van der Waals surface area contributed by atoms with E-state index in [4.69, 9.17) is 5.41 Å². The predicted octanol–water partition coefficient (Wildman–Crippen LogP) is 4.47. The van der Waals surface area contributed by atoms with Crippen molar-refractivity contribution >= 4 is 39.8 Å². The number of aromatic nitrogens is 2. The number of amides is 1. The molecule has 2 aliphatic heterocycles. The van der Waals surface area contributed by atoms with Gasteiger partial charge in [0, 0.05) is 35.0 Å². The molecule has 0 saturated carbocycles. The average Bonchev–Trinajstić information content (AvgIpc) is 3.32. The zero-order valence-corrected chi connectivity index (χ0v) is 18.6. The normalized spacial score (nSPS) is 17.0. The molecule has 0 aliphatic carbocycles. The first-order valence-corrected chi connectivity index (χ1v) is 10.9. The summed E-state index contributed by atoms with van der Waals surface area (Å²) in [5, 5.41) is 15.6. The fraction of sp³-hybridized carbons (Fsp3) is 0.125. The third-order valence-electron chi connectivity index (χ3n) is 5.39. The first-order chi connectivity index (χ1) is 15.4. The fourth-order valence-electron chi connectivity index (χ4n) is 3.85. The molecule has 1 amide bonds. The minimum Gasteiger partial charge on any atom is -0.318 e. The van der Waals surface area contributed by atoms with E-state index >= 15 is 0 Å². The van der Waals surface area contributed by atoms with E-state index in [0.29, 0.717) is 10.2 Å². The first-order valence-electron chi connectivity index (χ1n) is 10.1. The molecule has 0 radical (unpaired) electrons. The van der Waals surface area contributed by atoms with Gasteiger partial charge in [0.2, 0.25) is 5.17 Å². The zero-order valence-electron chi connectivity index (χ0n) is 17.8. The molecule has 1 aromatic carbocycles. The minimum absolute atomic E-state index is 0.0201. The predicted molar refractivity (Wildman–Crippen MR) is 128 cm³/mol. The van der Waals surface area contributed by atoms with Crippen molar-refractivity contribution in [2.24, 2.45) is 10.1 Å². The molecule has 2 aliphatic rings. The number of carbonyl (C=O) groups excluding carboxylic acids is 1. The Kier molecular flexibility index (Phi) is 4.86. The van der Waals surface area contributed by atoms with Crippen LogP contribution in [0.15, 0.2) is 70.5 Å². The van der Waals surface area contributed by atoms with Gasteiger partial charge in [0.1, 0.15) is 5.04 Å². The quantitative estimate of drug-likeness (QED) is 0.609. The van der Waals surface area contributed by atoms with E-state index in [2.05, 4.69) is 44.8 Å². The van der Waals surface area contributed by atoms with Crippen molar-refractivity contribution < 1.29 is 4.79 Å². The number of hydrazone groups is 1. The second-order valence-corrected chi connectivity index (χ2v) is 8.62. The fourth-order valence-corrected chi connectivity index (χ4v) is 4.73. The van der Waals surface area contributed by atoms with Crippen LogP contribution in [-0.4, -0.2) is 36.5 Å². The highest BCUT2D eigenvalue weighted by Gasteiger charge is 2.36. The highest BCUT2D eigenvalue weighted by atomic mass is 32.2. The number of nitrogens with one attached hydrogen (secondary N) is 1. The maximum Gasteiger partial charge on any atom is 0.283 e. The smallest absolute Gasteiger partial charge is 0.283 e.